The molecule has 0 spiro atoms. The first kappa shape index (κ1) is 14.6. The van der Waals surface area contributed by atoms with Gasteiger partial charge in [-0.25, -0.2) is 0 Å². The SMILES string of the molecule is CNCc1ccc(C)cc1-c1cccc(OC(C)C)c1. The van der Waals surface area contributed by atoms with Crippen LogP contribution in [-0.4, -0.2) is 13.2 Å². The van der Waals surface area contributed by atoms with Crippen LogP contribution in [0.4, 0.5) is 0 Å². The Hall–Kier alpha value is -1.80. The Morgan fingerprint density at radius 1 is 1.10 bits per heavy atom. The van der Waals surface area contributed by atoms with Crippen LogP contribution >= 0.6 is 0 Å². The van der Waals surface area contributed by atoms with Crippen molar-refractivity contribution < 1.29 is 4.74 Å². The maximum atomic E-state index is 5.79. The fourth-order valence-electron chi connectivity index (χ4n) is 2.31. The van der Waals surface area contributed by atoms with E-state index in [1.807, 2.05) is 27.0 Å². The summed E-state index contributed by atoms with van der Waals surface area (Å²) in [6.07, 6.45) is 0.194. The van der Waals surface area contributed by atoms with Crippen LogP contribution in [0, 0.1) is 6.92 Å². The Labute approximate surface area is 121 Å². The molecule has 20 heavy (non-hydrogen) atoms. The van der Waals surface area contributed by atoms with Crippen LogP contribution in [0.5, 0.6) is 5.75 Å². The molecular weight excluding hydrogens is 246 g/mol. The first-order valence-electron chi connectivity index (χ1n) is 7.11. The van der Waals surface area contributed by atoms with E-state index in [-0.39, 0.29) is 6.10 Å². The van der Waals surface area contributed by atoms with E-state index >= 15 is 0 Å². The maximum Gasteiger partial charge on any atom is 0.120 e. The van der Waals surface area contributed by atoms with Crippen molar-refractivity contribution in [2.45, 2.75) is 33.4 Å². The van der Waals surface area contributed by atoms with E-state index in [1.165, 1.54) is 22.3 Å². The maximum absolute atomic E-state index is 5.79. The van der Waals surface area contributed by atoms with E-state index in [1.54, 1.807) is 0 Å². The second-order valence-electron chi connectivity index (χ2n) is 5.39. The van der Waals surface area contributed by atoms with Crippen molar-refractivity contribution in [3.8, 4) is 16.9 Å². The minimum atomic E-state index is 0.194. The fraction of sp³-hybridized carbons (Fsp3) is 0.333. The van der Waals surface area contributed by atoms with E-state index in [2.05, 4.69) is 48.6 Å². The molecular formula is C18H23NO. The van der Waals surface area contributed by atoms with Gasteiger partial charge >= 0.3 is 0 Å². The highest BCUT2D eigenvalue weighted by atomic mass is 16.5. The molecule has 0 amide bonds. The van der Waals surface area contributed by atoms with Crippen LogP contribution in [0.3, 0.4) is 0 Å². The summed E-state index contributed by atoms with van der Waals surface area (Å²) in [5.41, 5.74) is 5.06. The standard InChI is InChI=1S/C18H23NO/c1-13(2)20-17-7-5-6-15(11-17)18-10-14(3)8-9-16(18)12-19-4/h5-11,13,19H,12H2,1-4H3. The summed E-state index contributed by atoms with van der Waals surface area (Å²) >= 11 is 0. The third kappa shape index (κ3) is 3.61. The highest BCUT2D eigenvalue weighted by molar-refractivity contribution is 5.69. The number of hydrogen-bond acceptors (Lipinski definition) is 2. The van der Waals surface area contributed by atoms with Crippen molar-refractivity contribution in [3.63, 3.8) is 0 Å². The Balaban J connectivity index is 2.42. The lowest BCUT2D eigenvalue weighted by atomic mass is 9.97. The molecule has 0 bridgehead atoms. The van der Waals surface area contributed by atoms with E-state index in [4.69, 9.17) is 4.74 Å². The van der Waals surface area contributed by atoms with Gasteiger partial charge in [0.15, 0.2) is 0 Å². The highest BCUT2D eigenvalue weighted by Crippen LogP contribution is 2.28. The van der Waals surface area contributed by atoms with Crippen molar-refractivity contribution >= 4 is 0 Å². The zero-order valence-electron chi connectivity index (χ0n) is 12.7. The van der Waals surface area contributed by atoms with Crippen LogP contribution in [0.25, 0.3) is 11.1 Å². The molecule has 0 aliphatic carbocycles. The molecule has 2 aromatic carbocycles. The lowest BCUT2D eigenvalue weighted by Crippen LogP contribution is -2.07. The molecule has 0 saturated heterocycles. The third-order valence-electron chi connectivity index (χ3n) is 3.15. The van der Waals surface area contributed by atoms with Gasteiger partial charge in [-0.1, -0.05) is 35.9 Å². The summed E-state index contributed by atoms with van der Waals surface area (Å²) in [4.78, 5) is 0. The molecule has 106 valence electrons. The molecule has 1 N–H and O–H groups in total. The Kier molecular flexibility index (Phi) is 4.80. The van der Waals surface area contributed by atoms with Gasteiger partial charge < -0.3 is 10.1 Å². The molecule has 2 nitrogen and oxygen atoms in total. The molecule has 2 rings (SSSR count). The summed E-state index contributed by atoms with van der Waals surface area (Å²) in [6, 6.07) is 14.9. The molecule has 0 atom stereocenters. The van der Waals surface area contributed by atoms with Gasteiger partial charge in [-0.3, -0.25) is 0 Å². The Morgan fingerprint density at radius 3 is 2.60 bits per heavy atom. The number of nitrogens with one attached hydrogen (secondary N) is 1. The Morgan fingerprint density at radius 2 is 1.90 bits per heavy atom. The monoisotopic (exact) mass is 269 g/mol. The summed E-state index contributed by atoms with van der Waals surface area (Å²) in [5.74, 6) is 0.925. The highest BCUT2D eigenvalue weighted by Gasteiger charge is 2.07. The van der Waals surface area contributed by atoms with Gasteiger partial charge in [0.2, 0.25) is 0 Å². The molecule has 2 heteroatoms. The largest absolute Gasteiger partial charge is 0.491 e. The molecule has 2 aromatic rings. The summed E-state index contributed by atoms with van der Waals surface area (Å²) in [6.45, 7) is 7.09. The predicted molar refractivity (Wildman–Crippen MR) is 85.1 cm³/mol. The van der Waals surface area contributed by atoms with Crippen LogP contribution in [-0.2, 0) is 6.54 Å². The van der Waals surface area contributed by atoms with Crippen LogP contribution in [0.2, 0.25) is 0 Å². The molecule has 0 fully saturated rings. The first-order valence-corrected chi connectivity index (χ1v) is 7.11. The fourth-order valence-corrected chi connectivity index (χ4v) is 2.31. The molecule has 0 aliphatic heterocycles. The first-order chi connectivity index (χ1) is 9.60. The van der Waals surface area contributed by atoms with Gasteiger partial charge in [-0.15, -0.1) is 0 Å². The average Bonchev–Trinajstić information content (AvgIpc) is 2.40. The van der Waals surface area contributed by atoms with Crippen molar-refractivity contribution in [1.29, 1.82) is 0 Å². The van der Waals surface area contributed by atoms with Crippen molar-refractivity contribution in [2.75, 3.05) is 7.05 Å². The normalized spacial score (nSPS) is 10.8. The summed E-state index contributed by atoms with van der Waals surface area (Å²) < 4.78 is 5.79. The second kappa shape index (κ2) is 6.58. The van der Waals surface area contributed by atoms with Gasteiger partial charge in [-0.05, 0) is 56.6 Å². The topological polar surface area (TPSA) is 21.3 Å². The van der Waals surface area contributed by atoms with Crippen molar-refractivity contribution in [1.82, 2.24) is 5.32 Å². The smallest absolute Gasteiger partial charge is 0.120 e. The van der Waals surface area contributed by atoms with Crippen LogP contribution in [0.15, 0.2) is 42.5 Å². The van der Waals surface area contributed by atoms with Gasteiger partial charge in [-0.2, -0.15) is 0 Å². The molecule has 0 unspecified atom stereocenters. The van der Waals surface area contributed by atoms with E-state index in [0.717, 1.165) is 12.3 Å². The minimum absolute atomic E-state index is 0.194. The Bertz CT molecular complexity index is 575. The van der Waals surface area contributed by atoms with E-state index in [0.29, 0.717) is 0 Å². The number of rotatable bonds is 5. The molecule has 0 saturated carbocycles. The zero-order chi connectivity index (χ0) is 14.5. The van der Waals surface area contributed by atoms with Gasteiger partial charge in [0.25, 0.3) is 0 Å². The number of ether oxygens (including phenoxy) is 1. The third-order valence-corrected chi connectivity index (χ3v) is 3.15. The number of aryl methyl sites for hydroxylation is 1. The summed E-state index contributed by atoms with van der Waals surface area (Å²) in [7, 11) is 1.97. The second-order valence-corrected chi connectivity index (χ2v) is 5.39. The van der Waals surface area contributed by atoms with Crippen LogP contribution < -0.4 is 10.1 Å². The number of hydrogen-bond donors (Lipinski definition) is 1. The van der Waals surface area contributed by atoms with E-state index in [9.17, 15) is 0 Å². The average molecular weight is 269 g/mol. The lowest BCUT2D eigenvalue weighted by Gasteiger charge is -2.14. The van der Waals surface area contributed by atoms with Crippen molar-refractivity contribution in [2.24, 2.45) is 0 Å². The molecule has 0 radical (unpaired) electrons. The summed E-state index contributed by atoms with van der Waals surface area (Å²) in [5, 5.41) is 3.23. The van der Waals surface area contributed by atoms with Crippen molar-refractivity contribution in [3.05, 3.63) is 53.6 Å². The zero-order valence-corrected chi connectivity index (χ0v) is 12.7. The quantitative estimate of drug-likeness (QED) is 0.879. The van der Waals surface area contributed by atoms with Gasteiger partial charge in [0.05, 0.1) is 6.10 Å². The van der Waals surface area contributed by atoms with Gasteiger partial charge in [0, 0.05) is 6.54 Å². The lowest BCUT2D eigenvalue weighted by molar-refractivity contribution is 0.242. The van der Waals surface area contributed by atoms with Gasteiger partial charge in [0.1, 0.15) is 5.75 Å². The molecule has 0 aliphatic rings. The minimum Gasteiger partial charge on any atom is -0.491 e. The molecule has 0 aromatic heterocycles. The molecule has 0 heterocycles. The van der Waals surface area contributed by atoms with Crippen LogP contribution in [0.1, 0.15) is 25.0 Å². The predicted octanol–water partition coefficient (Wildman–Crippen LogP) is 4.17. The van der Waals surface area contributed by atoms with E-state index < -0.39 is 0 Å². The number of benzene rings is 2.